The maximum absolute atomic E-state index is 13.6. The summed E-state index contributed by atoms with van der Waals surface area (Å²) >= 11 is 0. The molecule has 2 aromatic rings. The van der Waals surface area contributed by atoms with Gasteiger partial charge >= 0.3 is 0 Å². The molecule has 25 heavy (non-hydrogen) atoms. The number of ether oxygens (including phenoxy) is 1. The van der Waals surface area contributed by atoms with Gasteiger partial charge in [-0.05, 0) is 54.8 Å². The van der Waals surface area contributed by atoms with Crippen LogP contribution < -0.4 is 0 Å². The Bertz CT molecular complexity index is 944. The minimum Gasteiger partial charge on any atom is -0.364 e. The van der Waals surface area contributed by atoms with Crippen LogP contribution in [0.2, 0.25) is 0 Å². The van der Waals surface area contributed by atoms with Gasteiger partial charge < -0.3 is 9.84 Å². The van der Waals surface area contributed by atoms with E-state index >= 15 is 0 Å². The molecule has 6 heteroatoms. The Morgan fingerprint density at radius 2 is 1.72 bits per heavy atom. The van der Waals surface area contributed by atoms with Crippen LogP contribution in [0.5, 0.6) is 0 Å². The highest BCUT2D eigenvalue weighted by atomic mass is 32.2. The molecule has 0 bridgehead atoms. The van der Waals surface area contributed by atoms with Crippen LogP contribution in [0.1, 0.15) is 25.0 Å². The van der Waals surface area contributed by atoms with E-state index in [1.807, 2.05) is 13.8 Å². The highest BCUT2D eigenvalue weighted by Gasteiger charge is 2.40. The van der Waals surface area contributed by atoms with Gasteiger partial charge in [0, 0.05) is 11.8 Å². The highest BCUT2D eigenvalue weighted by molar-refractivity contribution is 7.90. The third-order valence-corrected chi connectivity index (χ3v) is 5.36. The van der Waals surface area contributed by atoms with Gasteiger partial charge in [0.05, 0.1) is 10.5 Å². The predicted octanol–water partition coefficient (Wildman–Crippen LogP) is 3.27. The monoisotopic (exact) mass is 362 g/mol. The van der Waals surface area contributed by atoms with Crippen molar-refractivity contribution in [2.45, 2.75) is 30.6 Å². The van der Waals surface area contributed by atoms with Gasteiger partial charge in [0.15, 0.2) is 16.1 Å². The highest BCUT2D eigenvalue weighted by Crippen LogP contribution is 2.45. The summed E-state index contributed by atoms with van der Waals surface area (Å²) < 4.78 is 42.6. The Hall–Kier alpha value is -2.02. The van der Waals surface area contributed by atoms with Crippen LogP contribution in [-0.4, -0.2) is 31.7 Å². The van der Waals surface area contributed by atoms with E-state index in [-0.39, 0.29) is 4.90 Å². The molecule has 0 saturated carbocycles. The molecule has 0 radical (unpaired) electrons. The van der Waals surface area contributed by atoms with Crippen LogP contribution in [0.25, 0.3) is 11.1 Å². The van der Waals surface area contributed by atoms with Crippen LogP contribution in [0.4, 0.5) is 4.39 Å². The summed E-state index contributed by atoms with van der Waals surface area (Å²) in [5, 5.41) is 10.4. The topological polar surface area (TPSA) is 63.6 Å². The summed E-state index contributed by atoms with van der Waals surface area (Å²) in [4.78, 5) is 0.210. The van der Waals surface area contributed by atoms with Crippen LogP contribution in [0.3, 0.4) is 0 Å². The Balaban J connectivity index is 2.20. The number of hydrogen-bond acceptors (Lipinski definition) is 4. The van der Waals surface area contributed by atoms with Crippen molar-refractivity contribution in [3.8, 4) is 0 Å². The standard InChI is InChI=1S/C19H19FO4S/c1-19(2)17(12-7-9-15(10-8-12)25(3,22)23)16(18(21)24-19)13-5-4-6-14(20)11-13/h4-11,18,21H,1-3H3/t18-/m0/s1. The van der Waals surface area contributed by atoms with E-state index < -0.39 is 27.5 Å². The van der Waals surface area contributed by atoms with Gasteiger partial charge in [0.2, 0.25) is 0 Å². The zero-order valence-electron chi connectivity index (χ0n) is 14.2. The van der Waals surface area contributed by atoms with Crippen molar-refractivity contribution in [1.82, 2.24) is 0 Å². The van der Waals surface area contributed by atoms with Crippen molar-refractivity contribution in [1.29, 1.82) is 0 Å². The molecule has 0 saturated heterocycles. The average molecular weight is 362 g/mol. The van der Waals surface area contributed by atoms with E-state index in [2.05, 4.69) is 0 Å². The molecule has 2 aromatic carbocycles. The molecule has 1 aliphatic heterocycles. The number of benzene rings is 2. The van der Waals surface area contributed by atoms with E-state index in [0.29, 0.717) is 22.3 Å². The van der Waals surface area contributed by atoms with Crippen LogP contribution in [0.15, 0.2) is 53.4 Å². The first-order valence-corrected chi connectivity index (χ1v) is 9.66. The lowest BCUT2D eigenvalue weighted by atomic mass is 9.87. The first kappa shape index (κ1) is 17.8. The Morgan fingerprint density at radius 3 is 2.28 bits per heavy atom. The lowest BCUT2D eigenvalue weighted by Gasteiger charge is -2.22. The molecule has 1 heterocycles. The van der Waals surface area contributed by atoms with E-state index in [4.69, 9.17) is 4.74 Å². The maximum Gasteiger partial charge on any atom is 0.183 e. The summed E-state index contributed by atoms with van der Waals surface area (Å²) in [5.74, 6) is -0.409. The molecule has 0 aliphatic carbocycles. The van der Waals surface area contributed by atoms with Crippen molar-refractivity contribution < 1.29 is 22.7 Å². The molecule has 1 N–H and O–H groups in total. The number of aliphatic hydroxyl groups is 1. The molecular formula is C19H19FO4S. The van der Waals surface area contributed by atoms with Crippen molar-refractivity contribution in [3.05, 3.63) is 65.5 Å². The quantitative estimate of drug-likeness (QED) is 0.910. The van der Waals surface area contributed by atoms with E-state index in [1.54, 1.807) is 24.3 Å². The second-order valence-electron chi connectivity index (χ2n) is 6.58. The Kier molecular flexibility index (Phi) is 4.31. The average Bonchev–Trinajstić information content (AvgIpc) is 2.75. The maximum atomic E-state index is 13.6. The van der Waals surface area contributed by atoms with Crippen molar-refractivity contribution in [2.24, 2.45) is 0 Å². The Morgan fingerprint density at radius 1 is 1.08 bits per heavy atom. The number of hydrogen-bond donors (Lipinski definition) is 1. The number of sulfone groups is 1. The molecule has 0 spiro atoms. The van der Waals surface area contributed by atoms with Gasteiger partial charge in [-0.25, -0.2) is 12.8 Å². The third-order valence-electron chi connectivity index (χ3n) is 4.23. The fourth-order valence-corrected chi connectivity index (χ4v) is 3.79. The van der Waals surface area contributed by atoms with Gasteiger partial charge in [0.1, 0.15) is 5.82 Å². The van der Waals surface area contributed by atoms with Gasteiger partial charge in [-0.3, -0.25) is 0 Å². The van der Waals surface area contributed by atoms with Crippen molar-refractivity contribution >= 4 is 21.0 Å². The van der Waals surface area contributed by atoms with E-state index in [1.165, 1.54) is 24.3 Å². The van der Waals surface area contributed by atoms with Crippen molar-refractivity contribution in [2.75, 3.05) is 6.26 Å². The zero-order chi connectivity index (χ0) is 18.4. The van der Waals surface area contributed by atoms with E-state index in [9.17, 15) is 17.9 Å². The summed E-state index contributed by atoms with van der Waals surface area (Å²) in [7, 11) is -3.30. The van der Waals surface area contributed by atoms with Crippen LogP contribution >= 0.6 is 0 Å². The molecule has 0 amide bonds. The Labute approximate surface area is 146 Å². The molecule has 0 unspecified atom stereocenters. The molecular weight excluding hydrogens is 343 g/mol. The second kappa shape index (κ2) is 6.05. The third kappa shape index (κ3) is 3.38. The SMILES string of the molecule is CC1(C)O[C@H](O)C(c2cccc(F)c2)=C1c1ccc(S(C)(=O)=O)cc1. The summed E-state index contributed by atoms with van der Waals surface area (Å²) in [6.07, 6.45) is -0.0485. The molecule has 4 nitrogen and oxygen atoms in total. The van der Waals surface area contributed by atoms with Crippen molar-refractivity contribution in [3.63, 3.8) is 0 Å². The van der Waals surface area contributed by atoms with Crippen LogP contribution in [0, 0.1) is 5.82 Å². The van der Waals surface area contributed by atoms with Gasteiger partial charge in [0.25, 0.3) is 0 Å². The summed E-state index contributed by atoms with van der Waals surface area (Å²) in [5.41, 5.74) is 1.61. The first-order valence-electron chi connectivity index (χ1n) is 7.76. The fraction of sp³-hybridized carbons (Fsp3) is 0.263. The summed E-state index contributed by atoms with van der Waals surface area (Å²) in [6.45, 7) is 3.62. The molecule has 1 aliphatic rings. The molecule has 0 fully saturated rings. The summed E-state index contributed by atoms with van der Waals surface area (Å²) in [6, 6.07) is 12.3. The fourth-order valence-electron chi connectivity index (χ4n) is 3.16. The smallest absolute Gasteiger partial charge is 0.183 e. The number of halogens is 1. The minimum atomic E-state index is -3.30. The predicted molar refractivity (Wildman–Crippen MR) is 93.9 cm³/mol. The lowest BCUT2D eigenvalue weighted by Crippen LogP contribution is -2.24. The lowest BCUT2D eigenvalue weighted by molar-refractivity contribution is -0.101. The molecule has 3 rings (SSSR count). The number of aliphatic hydroxyl groups excluding tert-OH is 1. The van der Waals surface area contributed by atoms with E-state index in [0.717, 1.165) is 6.26 Å². The van der Waals surface area contributed by atoms with Gasteiger partial charge in [-0.15, -0.1) is 0 Å². The minimum absolute atomic E-state index is 0.210. The normalized spacial score (nSPS) is 20.1. The molecule has 0 aromatic heterocycles. The first-order chi connectivity index (χ1) is 11.6. The van der Waals surface area contributed by atoms with Crippen LogP contribution in [-0.2, 0) is 14.6 Å². The van der Waals surface area contributed by atoms with Gasteiger partial charge in [-0.1, -0.05) is 24.3 Å². The molecule has 132 valence electrons. The number of rotatable bonds is 3. The largest absolute Gasteiger partial charge is 0.364 e. The zero-order valence-corrected chi connectivity index (χ0v) is 15.0. The van der Waals surface area contributed by atoms with Gasteiger partial charge in [-0.2, -0.15) is 0 Å². The second-order valence-corrected chi connectivity index (χ2v) is 8.59. The molecule has 1 atom stereocenters.